The van der Waals surface area contributed by atoms with Crippen LogP contribution in [0.4, 0.5) is 0 Å². The predicted molar refractivity (Wildman–Crippen MR) is 239 cm³/mol. The lowest BCUT2D eigenvalue weighted by Crippen LogP contribution is -2.06. The molecule has 0 amide bonds. The Morgan fingerprint density at radius 3 is 1.53 bits per heavy atom. The van der Waals surface area contributed by atoms with E-state index in [-0.39, 0.29) is 0 Å². The summed E-state index contributed by atoms with van der Waals surface area (Å²) < 4.78 is 7.40. The van der Waals surface area contributed by atoms with Crippen molar-refractivity contribution in [1.82, 2.24) is 23.9 Å². The van der Waals surface area contributed by atoms with Crippen LogP contribution < -0.4 is 0 Å². The van der Waals surface area contributed by atoms with E-state index in [0.29, 0.717) is 17.6 Å². The summed E-state index contributed by atoms with van der Waals surface area (Å²) in [6.07, 6.45) is 0. The second kappa shape index (κ2) is 11.6. The molecule has 0 bridgehead atoms. The van der Waals surface area contributed by atoms with Crippen LogP contribution in [0.1, 0.15) is 0 Å². The van der Waals surface area contributed by atoms with Gasteiger partial charge in [0.15, 0.2) is 11.6 Å². The maximum Gasteiger partial charge on any atom is 0.238 e. The second-order valence-corrected chi connectivity index (χ2v) is 15.8. The third-order valence-electron chi connectivity index (χ3n) is 11.7. The standard InChI is InChI=1S/C51H29N5S/c1-3-14-30(15-4-1)49-52-50(31-16-5-2-6-17-31)54-51(53-49)56-40-25-10-8-19-33(40)37-28-29-41-44(48(37)56)38-23-11-22-36-35-21-13-27-43-46(35)45-34(20-12-26-42(45)57-43)32-18-7-9-24-39(32)55(41)47(36)38/h1-29H. The molecule has 5 nitrogen and oxygen atoms in total. The first kappa shape index (κ1) is 30.9. The number of rotatable bonds is 3. The van der Waals surface area contributed by atoms with Crippen molar-refractivity contribution in [2.24, 2.45) is 0 Å². The van der Waals surface area contributed by atoms with Crippen LogP contribution in [0.3, 0.4) is 0 Å². The smallest absolute Gasteiger partial charge is 0.238 e. The number of thiophene rings is 1. The van der Waals surface area contributed by atoms with Crippen LogP contribution in [0.25, 0.3) is 120 Å². The van der Waals surface area contributed by atoms with Crippen LogP contribution in [-0.2, 0) is 0 Å². The zero-order valence-corrected chi connectivity index (χ0v) is 31.2. The fourth-order valence-corrected chi connectivity index (χ4v) is 10.5. The molecule has 6 heteroatoms. The molecule has 0 saturated carbocycles. The van der Waals surface area contributed by atoms with Gasteiger partial charge in [0.2, 0.25) is 5.95 Å². The lowest BCUT2D eigenvalue weighted by Gasteiger charge is -2.11. The molecule has 5 aromatic heterocycles. The van der Waals surface area contributed by atoms with Crippen molar-refractivity contribution < 1.29 is 0 Å². The van der Waals surface area contributed by atoms with Crippen LogP contribution >= 0.6 is 11.3 Å². The van der Waals surface area contributed by atoms with Crippen molar-refractivity contribution in [2.75, 3.05) is 0 Å². The van der Waals surface area contributed by atoms with E-state index in [1.165, 1.54) is 52.6 Å². The largest absolute Gasteiger partial charge is 0.308 e. The average Bonchev–Trinajstić information content (AvgIpc) is 3.95. The van der Waals surface area contributed by atoms with E-state index in [2.05, 4.69) is 148 Å². The summed E-state index contributed by atoms with van der Waals surface area (Å²) in [5.74, 6) is 1.85. The van der Waals surface area contributed by atoms with E-state index < -0.39 is 0 Å². The molecule has 0 aliphatic carbocycles. The highest BCUT2D eigenvalue weighted by Crippen LogP contribution is 2.46. The maximum atomic E-state index is 5.30. The SMILES string of the molecule is c1ccc(-c2nc(-c3ccccc3)nc(-n3c4ccccc4c4ccc5c(c6cccc7c8cccc9sc%10cccc(c%11ccccc%11n5c76)c%10c98)c43)n2)cc1. The molecular formula is C51H29N5S. The normalized spacial score (nSPS) is 12.2. The van der Waals surface area contributed by atoms with Crippen LogP contribution in [0.2, 0.25) is 0 Å². The molecule has 0 atom stereocenters. The van der Waals surface area contributed by atoms with E-state index in [4.69, 9.17) is 15.0 Å². The van der Waals surface area contributed by atoms with Crippen molar-refractivity contribution in [1.29, 1.82) is 0 Å². The number of benzene rings is 8. The summed E-state index contributed by atoms with van der Waals surface area (Å²) in [5, 5.41) is 12.2. The van der Waals surface area contributed by atoms with Crippen LogP contribution in [0.5, 0.6) is 0 Å². The Labute approximate surface area is 329 Å². The van der Waals surface area contributed by atoms with E-state index in [1.54, 1.807) is 0 Å². The van der Waals surface area contributed by atoms with Crippen LogP contribution in [0, 0.1) is 0 Å². The van der Waals surface area contributed by atoms with Gasteiger partial charge in [-0.2, -0.15) is 9.97 Å². The molecule has 264 valence electrons. The van der Waals surface area contributed by atoms with E-state index in [0.717, 1.165) is 49.4 Å². The summed E-state index contributed by atoms with van der Waals surface area (Å²) in [7, 11) is 0. The van der Waals surface area contributed by atoms with Crippen molar-refractivity contribution in [3.05, 3.63) is 176 Å². The highest BCUT2D eigenvalue weighted by Gasteiger charge is 2.24. The lowest BCUT2D eigenvalue weighted by atomic mass is 10.0. The molecule has 0 fully saturated rings. The number of aromatic nitrogens is 5. The van der Waals surface area contributed by atoms with Gasteiger partial charge >= 0.3 is 0 Å². The minimum atomic E-state index is 0.583. The lowest BCUT2D eigenvalue weighted by molar-refractivity contribution is 0.955. The molecule has 0 unspecified atom stereocenters. The Morgan fingerprint density at radius 2 is 0.842 bits per heavy atom. The minimum absolute atomic E-state index is 0.583. The van der Waals surface area contributed by atoms with Gasteiger partial charge in [0.05, 0.1) is 27.6 Å². The second-order valence-electron chi connectivity index (χ2n) is 14.7. The molecule has 13 aromatic rings. The van der Waals surface area contributed by atoms with E-state index >= 15 is 0 Å². The molecule has 8 aromatic carbocycles. The third kappa shape index (κ3) is 4.25. The van der Waals surface area contributed by atoms with Gasteiger partial charge in [0, 0.05) is 63.6 Å². The molecule has 0 saturated heterocycles. The number of hydrogen-bond acceptors (Lipinski definition) is 4. The first-order valence-electron chi connectivity index (χ1n) is 19.2. The summed E-state index contributed by atoms with van der Waals surface area (Å²) in [4.78, 5) is 15.6. The number of para-hydroxylation sites is 3. The van der Waals surface area contributed by atoms with Crippen molar-refractivity contribution >= 4 is 102 Å². The molecule has 57 heavy (non-hydrogen) atoms. The Morgan fingerprint density at radius 1 is 0.333 bits per heavy atom. The van der Waals surface area contributed by atoms with Gasteiger partial charge in [0.25, 0.3) is 0 Å². The van der Waals surface area contributed by atoms with Gasteiger partial charge in [-0.25, -0.2) is 4.98 Å². The minimum Gasteiger partial charge on any atom is -0.308 e. The first-order valence-corrected chi connectivity index (χ1v) is 20.0. The molecule has 0 N–H and O–H groups in total. The van der Waals surface area contributed by atoms with Gasteiger partial charge in [-0.3, -0.25) is 4.57 Å². The average molecular weight is 744 g/mol. The molecule has 0 radical (unpaired) electrons. The Balaban J connectivity index is 1.28. The zero-order chi connectivity index (χ0) is 37.2. The molecular weight excluding hydrogens is 715 g/mol. The van der Waals surface area contributed by atoms with Crippen molar-refractivity contribution in [2.45, 2.75) is 0 Å². The van der Waals surface area contributed by atoms with Gasteiger partial charge in [0.1, 0.15) is 0 Å². The number of nitrogens with zero attached hydrogens (tertiary/aromatic N) is 5. The highest BCUT2D eigenvalue weighted by molar-refractivity contribution is 7.26. The molecule has 0 aliphatic rings. The monoisotopic (exact) mass is 743 g/mol. The molecule has 5 heterocycles. The van der Waals surface area contributed by atoms with Crippen LogP contribution in [0.15, 0.2) is 176 Å². The van der Waals surface area contributed by atoms with Crippen molar-refractivity contribution in [3.63, 3.8) is 0 Å². The Hall–Kier alpha value is -7.41. The van der Waals surface area contributed by atoms with Crippen LogP contribution in [-0.4, -0.2) is 23.9 Å². The fourth-order valence-electron chi connectivity index (χ4n) is 9.39. The van der Waals surface area contributed by atoms with Gasteiger partial charge in [-0.05, 0) is 41.1 Å². The zero-order valence-electron chi connectivity index (χ0n) is 30.4. The summed E-state index contributed by atoms with van der Waals surface area (Å²) in [6, 6.07) is 63.0. The van der Waals surface area contributed by atoms with Gasteiger partial charge in [-0.1, -0.05) is 146 Å². The summed E-state index contributed by atoms with van der Waals surface area (Å²) in [5.41, 5.74) is 7.47. The summed E-state index contributed by atoms with van der Waals surface area (Å²) in [6.45, 7) is 0. The van der Waals surface area contributed by atoms with E-state index in [1.807, 2.05) is 47.7 Å². The maximum absolute atomic E-state index is 5.30. The first-order chi connectivity index (χ1) is 28.3. The van der Waals surface area contributed by atoms with Crippen molar-refractivity contribution in [3.8, 4) is 28.7 Å². The Kier molecular flexibility index (Phi) is 6.26. The predicted octanol–water partition coefficient (Wildman–Crippen LogP) is 13.5. The highest BCUT2D eigenvalue weighted by atomic mass is 32.1. The molecule has 13 rings (SSSR count). The number of fused-ring (bicyclic) bond motifs is 11. The fraction of sp³-hybridized carbons (Fsp3) is 0. The number of hydrogen-bond donors (Lipinski definition) is 0. The van der Waals surface area contributed by atoms with Gasteiger partial charge in [-0.15, -0.1) is 11.3 Å². The summed E-state index contributed by atoms with van der Waals surface area (Å²) >= 11 is 1.88. The van der Waals surface area contributed by atoms with Gasteiger partial charge < -0.3 is 4.40 Å². The topological polar surface area (TPSA) is 48.0 Å². The molecule has 0 aliphatic heterocycles. The Bertz CT molecular complexity index is 3740. The molecule has 0 spiro atoms. The van der Waals surface area contributed by atoms with E-state index in [9.17, 15) is 0 Å². The third-order valence-corrected chi connectivity index (χ3v) is 12.8. The quantitative estimate of drug-likeness (QED) is 0.181.